The number of para-hydroxylation sites is 1. The zero-order valence-corrected chi connectivity index (χ0v) is 19.5. The van der Waals surface area contributed by atoms with E-state index in [-0.39, 0.29) is 10.8 Å². The molecule has 0 saturated carbocycles. The van der Waals surface area contributed by atoms with Crippen molar-refractivity contribution in [3.8, 4) is 22.3 Å². The van der Waals surface area contributed by atoms with Gasteiger partial charge in [-0.1, -0.05) is 82.3 Å². The molecule has 1 aliphatic carbocycles. The molecule has 0 amide bonds. The minimum Gasteiger partial charge on any atom is -0.355 e. The van der Waals surface area contributed by atoms with Crippen molar-refractivity contribution < 1.29 is 4.79 Å². The van der Waals surface area contributed by atoms with Crippen LogP contribution in [0.15, 0.2) is 78.9 Å². The van der Waals surface area contributed by atoms with Crippen molar-refractivity contribution in [2.24, 2.45) is 0 Å². The Kier molecular flexibility index (Phi) is 4.05. The summed E-state index contributed by atoms with van der Waals surface area (Å²) in [6.07, 6.45) is 0.891. The van der Waals surface area contributed by atoms with Crippen molar-refractivity contribution in [2.45, 2.75) is 38.5 Å². The number of hydrogen-bond acceptors (Lipinski definition) is 2. The maximum Gasteiger partial charge on any atom is 0.150 e. The molecule has 0 bridgehead atoms. The first-order chi connectivity index (χ1) is 15.8. The fraction of sp³-hybridized carbons (Fsp3) is 0.194. The van der Waals surface area contributed by atoms with Gasteiger partial charge in [-0.15, -0.1) is 0 Å². The van der Waals surface area contributed by atoms with E-state index in [2.05, 4.69) is 87.6 Å². The van der Waals surface area contributed by atoms with Gasteiger partial charge in [0, 0.05) is 27.8 Å². The molecule has 0 atom stereocenters. The Morgan fingerprint density at radius 2 is 1.27 bits per heavy atom. The highest BCUT2D eigenvalue weighted by Crippen LogP contribution is 2.54. The lowest BCUT2D eigenvalue weighted by atomic mass is 9.72. The fourth-order valence-electron chi connectivity index (χ4n) is 5.76. The van der Waals surface area contributed by atoms with Gasteiger partial charge < -0.3 is 5.32 Å². The molecule has 6 rings (SSSR count). The zero-order valence-electron chi connectivity index (χ0n) is 19.5. The molecule has 0 aromatic heterocycles. The number of rotatable bonds is 2. The molecular formula is C31H27NO. The summed E-state index contributed by atoms with van der Waals surface area (Å²) in [5.74, 6) is 0. The average Bonchev–Trinajstić information content (AvgIpc) is 3.04. The van der Waals surface area contributed by atoms with Crippen LogP contribution in [-0.2, 0) is 10.8 Å². The third-order valence-corrected chi connectivity index (χ3v) is 7.74. The molecule has 2 nitrogen and oxygen atoms in total. The Morgan fingerprint density at radius 3 is 2.03 bits per heavy atom. The Bertz CT molecular complexity index is 1440. The van der Waals surface area contributed by atoms with Gasteiger partial charge in [0.05, 0.1) is 0 Å². The lowest BCUT2D eigenvalue weighted by Gasteiger charge is -2.36. The van der Waals surface area contributed by atoms with Crippen molar-refractivity contribution in [3.05, 3.63) is 107 Å². The first kappa shape index (κ1) is 20.0. The molecule has 1 aliphatic heterocycles. The highest BCUT2D eigenvalue weighted by atomic mass is 16.1. The van der Waals surface area contributed by atoms with E-state index in [0.717, 1.165) is 11.8 Å². The van der Waals surface area contributed by atoms with Crippen molar-refractivity contribution in [3.63, 3.8) is 0 Å². The van der Waals surface area contributed by atoms with Gasteiger partial charge in [-0.3, -0.25) is 4.79 Å². The summed E-state index contributed by atoms with van der Waals surface area (Å²) >= 11 is 0. The number of carbonyl (C=O) groups is 1. The summed E-state index contributed by atoms with van der Waals surface area (Å²) in [5, 5.41) is 3.71. The second kappa shape index (κ2) is 6.68. The van der Waals surface area contributed by atoms with Gasteiger partial charge >= 0.3 is 0 Å². The second-order valence-electron chi connectivity index (χ2n) is 10.4. The topological polar surface area (TPSA) is 29.1 Å². The van der Waals surface area contributed by atoms with Gasteiger partial charge in [0.25, 0.3) is 0 Å². The normalized spacial score (nSPS) is 16.1. The molecule has 0 saturated heterocycles. The fourth-order valence-corrected chi connectivity index (χ4v) is 5.76. The van der Waals surface area contributed by atoms with Crippen molar-refractivity contribution in [1.82, 2.24) is 0 Å². The highest BCUT2D eigenvalue weighted by Gasteiger charge is 2.40. The van der Waals surface area contributed by atoms with Crippen LogP contribution in [0.4, 0.5) is 11.4 Å². The van der Waals surface area contributed by atoms with E-state index in [1.807, 2.05) is 24.3 Å². The quantitative estimate of drug-likeness (QED) is 0.329. The summed E-state index contributed by atoms with van der Waals surface area (Å²) in [5.41, 5.74) is 13.3. The van der Waals surface area contributed by atoms with Crippen LogP contribution in [0.3, 0.4) is 0 Å². The summed E-state index contributed by atoms with van der Waals surface area (Å²) < 4.78 is 0. The summed E-state index contributed by atoms with van der Waals surface area (Å²) in [6.45, 7) is 9.30. The monoisotopic (exact) mass is 429 g/mol. The van der Waals surface area contributed by atoms with Gasteiger partial charge in [0.2, 0.25) is 0 Å². The van der Waals surface area contributed by atoms with Gasteiger partial charge in [-0.2, -0.15) is 0 Å². The predicted molar refractivity (Wildman–Crippen MR) is 137 cm³/mol. The Balaban J connectivity index is 1.51. The van der Waals surface area contributed by atoms with Crippen LogP contribution in [0.5, 0.6) is 0 Å². The van der Waals surface area contributed by atoms with Crippen LogP contribution in [0.2, 0.25) is 0 Å². The molecule has 162 valence electrons. The minimum atomic E-state index is -0.0960. The Hall–Kier alpha value is -3.65. The van der Waals surface area contributed by atoms with Crippen LogP contribution in [0.25, 0.3) is 22.3 Å². The zero-order chi connectivity index (χ0) is 23.0. The number of carbonyl (C=O) groups excluding carboxylic acids is 1. The third kappa shape index (κ3) is 2.77. The average molecular weight is 430 g/mol. The molecule has 1 N–H and O–H groups in total. The number of nitrogens with one attached hydrogen (secondary N) is 1. The Morgan fingerprint density at radius 1 is 0.606 bits per heavy atom. The number of benzene rings is 4. The van der Waals surface area contributed by atoms with Gasteiger partial charge in [0.15, 0.2) is 0 Å². The summed E-state index contributed by atoms with van der Waals surface area (Å²) in [6, 6.07) is 28.1. The van der Waals surface area contributed by atoms with Crippen LogP contribution in [-0.4, -0.2) is 6.29 Å². The highest BCUT2D eigenvalue weighted by molar-refractivity contribution is 5.88. The molecular weight excluding hydrogens is 402 g/mol. The molecule has 33 heavy (non-hydrogen) atoms. The SMILES string of the molecule is CC1(C)c2ccccc2Nc2cc3c(cc21)-c1ccc(-c2ccc(C=O)cc2)cc1C3(C)C. The number of hydrogen-bond donors (Lipinski definition) is 1. The van der Waals surface area contributed by atoms with E-state index in [4.69, 9.17) is 0 Å². The van der Waals surface area contributed by atoms with Gasteiger partial charge in [0.1, 0.15) is 6.29 Å². The van der Waals surface area contributed by atoms with Gasteiger partial charge in [-0.25, -0.2) is 0 Å². The van der Waals surface area contributed by atoms with E-state index >= 15 is 0 Å². The number of aldehydes is 1. The molecule has 2 aliphatic rings. The van der Waals surface area contributed by atoms with Crippen LogP contribution in [0, 0.1) is 0 Å². The van der Waals surface area contributed by atoms with Crippen molar-refractivity contribution >= 4 is 17.7 Å². The van der Waals surface area contributed by atoms with Gasteiger partial charge in [-0.05, 0) is 68.8 Å². The van der Waals surface area contributed by atoms with Crippen LogP contribution >= 0.6 is 0 Å². The Labute approximate surface area is 195 Å². The first-order valence-electron chi connectivity index (χ1n) is 11.6. The van der Waals surface area contributed by atoms with E-state index in [9.17, 15) is 4.79 Å². The molecule has 2 heteroatoms. The summed E-state index contributed by atoms with van der Waals surface area (Å²) in [7, 11) is 0. The van der Waals surface area contributed by atoms with Crippen LogP contribution < -0.4 is 5.32 Å². The lowest BCUT2D eigenvalue weighted by Crippen LogP contribution is -2.26. The molecule has 0 spiro atoms. The smallest absolute Gasteiger partial charge is 0.150 e. The second-order valence-corrected chi connectivity index (χ2v) is 10.4. The lowest BCUT2D eigenvalue weighted by molar-refractivity contribution is 0.112. The number of anilines is 2. The predicted octanol–water partition coefficient (Wildman–Crippen LogP) is 7.86. The standard InChI is InChI=1S/C31H27NO/c1-30(2)24-7-5-6-8-28(24)32-29-17-26-23(16-27(29)30)22-14-13-21(15-25(22)31(26,3)4)20-11-9-19(18-33)10-12-20/h5-18,32H,1-4H3. The maximum atomic E-state index is 11.0. The van der Waals surface area contributed by atoms with E-state index < -0.39 is 0 Å². The molecule has 1 heterocycles. The molecule has 4 aromatic carbocycles. The molecule has 0 radical (unpaired) electrons. The van der Waals surface area contributed by atoms with E-state index in [1.54, 1.807) is 0 Å². The largest absolute Gasteiger partial charge is 0.355 e. The van der Waals surface area contributed by atoms with Crippen LogP contribution in [0.1, 0.15) is 60.3 Å². The first-order valence-corrected chi connectivity index (χ1v) is 11.6. The van der Waals surface area contributed by atoms with Crippen molar-refractivity contribution in [1.29, 1.82) is 0 Å². The third-order valence-electron chi connectivity index (χ3n) is 7.74. The minimum absolute atomic E-state index is 0.0701. The van der Waals surface area contributed by atoms with E-state index in [0.29, 0.717) is 5.56 Å². The van der Waals surface area contributed by atoms with E-state index in [1.165, 1.54) is 50.3 Å². The van der Waals surface area contributed by atoms with Crippen molar-refractivity contribution in [2.75, 3.05) is 5.32 Å². The maximum absolute atomic E-state index is 11.0. The molecule has 0 fully saturated rings. The summed E-state index contributed by atoms with van der Waals surface area (Å²) in [4.78, 5) is 11.0. The molecule has 0 unspecified atom stereocenters. The molecule has 4 aromatic rings. The number of fused-ring (bicyclic) bond motifs is 5.